The Bertz CT molecular complexity index is 1740. The molecule has 0 bridgehead atoms. The quantitative estimate of drug-likeness (QED) is 0.239. The van der Waals surface area contributed by atoms with Gasteiger partial charge in [0.1, 0.15) is 28.4 Å². The summed E-state index contributed by atoms with van der Waals surface area (Å²) in [5, 5.41) is 13.5. The number of anilines is 1. The van der Waals surface area contributed by atoms with Gasteiger partial charge in [-0.25, -0.2) is 9.37 Å². The summed E-state index contributed by atoms with van der Waals surface area (Å²) in [6, 6.07) is 10.6. The number of rotatable bonds is 8. The van der Waals surface area contributed by atoms with Crippen LogP contribution in [0.3, 0.4) is 0 Å². The number of benzene rings is 1. The van der Waals surface area contributed by atoms with Crippen molar-refractivity contribution in [2.75, 3.05) is 19.5 Å². The van der Waals surface area contributed by atoms with Gasteiger partial charge in [-0.15, -0.1) is 0 Å². The number of hydrogen-bond donors (Lipinski definition) is 2. The molecular weight excluding hydrogens is 519 g/mol. The van der Waals surface area contributed by atoms with Crippen molar-refractivity contribution >= 4 is 22.6 Å². The molecule has 0 atom stereocenters. The molecule has 0 fully saturated rings. The summed E-state index contributed by atoms with van der Waals surface area (Å²) in [7, 11) is 2.94. The summed E-state index contributed by atoms with van der Waals surface area (Å²) >= 11 is 0. The second-order valence-electron chi connectivity index (χ2n) is 8.68. The number of aryl methyl sites for hydroxylation is 2. The number of hydrogen-bond acceptors (Lipinski definition) is 9. The van der Waals surface area contributed by atoms with Crippen LogP contribution in [0.1, 0.15) is 28.7 Å². The molecule has 0 saturated carbocycles. The molecule has 11 heteroatoms. The Morgan fingerprint density at radius 2 is 1.88 bits per heavy atom. The zero-order valence-electron chi connectivity index (χ0n) is 22.1. The molecule has 4 heterocycles. The van der Waals surface area contributed by atoms with Crippen molar-refractivity contribution in [1.29, 1.82) is 0 Å². The second-order valence-corrected chi connectivity index (χ2v) is 8.68. The molecule has 1 amide bonds. The van der Waals surface area contributed by atoms with Crippen LogP contribution in [0.25, 0.3) is 22.4 Å². The topological polar surface area (TPSA) is 129 Å². The van der Waals surface area contributed by atoms with Gasteiger partial charge in [-0.05, 0) is 31.2 Å². The predicted octanol–water partition coefficient (Wildman–Crippen LogP) is 6.06. The van der Waals surface area contributed by atoms with Crippen LogP contribution in [-0.4, -0.2) is 40.2 Å². The van der Waals surface area contributed by atoms with Crippen molar-refractivity contribution in [2.45, 2.75) is 20.3 Å². The number of carbonyl (C=O) groups excluding carboxylic acids is 1. The Morgan fingerprint density at radius 1 is 1.05 bits per heavy atom. The van der Waals surface area contributed by atoms with Gasteiger partial charge >= 0.3 is 0 Å². The van der Waals surface area contributed by atoms with E-state index in [9.17, 15) is 9.90 Å². The minimum Gasteiger partial charge on any atom is -0.506 e. The number of furan rings is 1. The zero-order chi connectivity index (χ0) is 28.4. The van der Waals surface area contributed by atoms with Crippen LogP contribution < -0.4 is 19.5 Å². The number of aromatic nitrogens is 3. The summed E-state index contributed by atoms with van der Waals surface area (Å²) < 4.78 is 37.1. The Morgan fingerprint density at radius 3 is 2.58 bits per heavy atom. The van der Waals surface area contributed by atoms with E-state index in [0.717, 1.165) is 11.8 Å². The van der Waals surface area contributed by atoms with Crippen LogP contribution in [0.15, 0.2) is 59.3 Å². The number of aromatic hydroxyl groups is 1. The van der Waals surface area contributed by atoms with Gasteiger partial charge in [-0.1, -0.05) is 6.92 Å². The molecular formula is C29H25FN4O6. The lowest BCUT2D eigenvalue weighted by Gasteiger charge is -2.13. The zero-order valence-corrected chi connectivity index (χ0v) is 22.1. The summed E-state index contributed by atoms with van der Waals surface area (Å²) in [6.45, 7) is 3.64. The lowest BCUT2D eigenvalue weighted by molar-refractivity contribution is 0.102. The molecule has 0 aliphatic carbocycles. The van der Waals surface area contributed by atoms with Crippen molar-refractivity contribution in [2.24, 2.45) is 0 Å². The number of ether oxygens (including phenoxy) is 3. The van der Waals surface area contributed by atoms with E-state index in [1.54, 1.807) is 31.2 Å². The van der Waals surface area contributed by atoms with Crippen molar-refractivity contribution in [3.05, 3.63) is 77.7 Å². The van der Waals surface area contributed by atoms with E-state index in [1.165, 1.54) is 38.7 Å². The highest BCUT2D eigenvalue weighted by molar-refractivity contribution is 6.07. The average molecular weight is 545 g/mol. The van der Waals surface area contributed by atoms with Crippen LogP contribution in [-0.2, 0) is 6.42 Å². The largest absolute Gasteiger partial charge is 0.506 e. The van der Waals surface area contributed by atoms with E-state index >= 15 is 4.39 Å². The summed E-state index contributed by atoms with van der Waals surface area (Å²) in [5.41, 5.74) is 1.67. The second kappa shape index (κ2) is 10.9. The van der Waals surface area contributed by atoms with E-state index in [1.807, 2.05) is 6.92 Å². The molecule has 5 rings (SSSR count). The average Bonchev–Trinajstić information content (AvgIpc) is 3.42. The fraction of sp³-hybridized carbons (Fsp3) is 0.172. The van der Waals surface area contributed by atoms with Crippen LogP contribution in [0.5, 0.6) is 28.9 Å². The molecule has 204 valence electrons. The number of nitrogens with one attached hydrogen (secondary N) is 1. The Kier molecular flexibility index (Phi) is 7.19. The van der Waals surface area contributed by atoms with E-state index in [-0.39, 0.29) is 34.4 Å². The van der Waals surface area contributed by atoms with E-state index in [0.29, 0.717) is 40.2 Å². The van der Waals surface area contributed by atoms with Gasteiger partial charge in [0, 0.05) is 42.7 Å². The predicted molar refractivity (Wildman–Crippen MR) is 145 cm³/mol. The van der Waals surface area contributed by atoms with Gasteiger partial charge in [0.05, 0.1) is 31.0 Å². The third-order valence-corrected chi connectivity index (χ3v) is 6.17. The fourth-order valence-electron chi connectivity index (χ4n) is 4.12. The number of pyridine rings is 3. The molecule has 0 aliphatic heterocycles. The maximum atomic E-state index is 15.1. The van der Waals surface area contributed by atoms with E-state index < -0.39 is 11.7 Å². The molecule has 0 saturated heterocycles. The Balaban J connectivity index is 1.39. The Labute approximate surface area is 228 Å². The summed E-state index contributed by atoms with van der Waals surface area (Å²) in [5.74, 6) is 0.190. The molecule has 2 N–H and O–H groups in total. The molecule has 40 heavy (non-hydrogen) atoms. The maximum Gasteiger partial charge on any atom is 0.261 e. The number of halogens is 1. The van der Waals surface area contributed by atoms with E-state index in [2.05, 4.69) is 20.3 Å². The third-order valence-electron chi connectivity index (χ3n) is 6.17. The maximum absolute atomic E-state index is 15.1. The van der Waals surface area contributed by atoms with Gasteiger partial charge in [-0.3, -0.25) is 14.8 Å². The minimum absolute atomic E-state index is 0.0884. The first kappa shape index (κ1) is 26.4. The van der Waals surface area contributed by atoms with Crippen molar-refractivity contribution < 1.29 is 32.9 Å². The van der Waals surface area contributed by atoms with Crippen LogP contribution in [0.2, 0.25) is 0 Å². The lowest BCUT2D eigenvalue weighted by Crippen LogP contribution is -2.13. The van der Waals surface area contributed by atoms with Crippen LogP contribution in [0, 0.1) is 12.7 Å². The van der Waals surface area contributed by atoms with Gasteiger partial charge in [0.15, 0.2) is 23.1 Å². The van der Waals surface area contributed by atoms with Gasteiger partial charge in [0.25, 0.3) is 11.8 Å². The van der Waals surface area contributed by atoms with Crippen LogP contribution >= 0.6 is 0 Å². The lowest BCUT2D eigenvalue weighted by atomic mass is 10.1. The SMILES string of the molecule is CCc1ccc(-c2c(C)ncc(C(=O)Nc3ccc(Oc4ccnc5cc(OC)c(OC)nc45)c(F)c3)c2O)o1. The van der Waals surface area contributed by atoms with Gasteiger partial charge in [0.2, 0.25) is 0 Å². The molecule has 10 nitrogen and oxygen atoms in total. The third kappa shape index (κ3) is 4.96. The van der Waals surface area contributed by atoms with Crippen molar-refractivity contribution in [3.63, 3.8) is 0 Å². The monoisotopic (exact) mass is 544 g/mol. The number of nitrogens with zero attached hydrogens (tertiary/aromatic N) is 3. The molecule has 0 spiro atoms. The number of carbonyl (C=O) groups is 1. The number of methoxy groups -OCH3 is 2. The standard InChI is InChI=1S/C29H25FN4O6/c1-5-17-7-9-22(39-17)25-15(2)32-14-18(27(25)35)28(36)33-16-6-8-21(19(30)12-16)40-23-10-11-31-20-13-24(37-3)29(38-4)34-26(20)23/h6-14H,5H2,1-4H3,(H,32,35)(H,33,36). The van der Waals surface area contributed by atoms with Gasteiger partial charge in [-0.2, -0.15) is 0 Å². The molecule has 5 aromatic rings. The molecule has 0 aliphatic rings. The molecule has 0 radical (unpaired) electrons. The van der Waals surface area contributed by atoms with Crippen molar-refractivity contribution in [3.8, 4) is 40.2 Å². The molecule has 4 aromatic heterocycles. The first-order valence-corrected chi connectivity index (χ1v) is 12.3. The summed E-state index contributed by atoms with van der Waals surface area (Å²) in [6.07, 6.45) is 3.43. The fourth-order valence-corrected chi connectivity index (χ4v) is 4.12. The summed E-state index contributed by atoms with van der Waals surface area (Å²) in [4.78, 5) is 25.9. The number of fused-ring (bicyclic) bond motifs is 1. The normalized spacial score (nSPS) is 10.9. The molecule has 1 aromatic carbocycles. The number of amides is 1. The smallest absolute Gasteiger partial charge is 0.261 e. The highest BCUT2D eigenvalue weighted by atomic mass is 19.1. The first-order valence-electron chi connectivity index (χ1n) is 12.3. The van der Waals surface area contributed by atoms with E-state index in [4.69, 9.17) is 18.6 Å². The highest BCUT2D eigenvalue weighted by Crippen LogP contribution is 2.37. The highest BCUT2D eigenvalue weighted by Gasteiger charge is 2.22. The van der Waals surface area contributed by atoms with Gasteiger partial charge < -0.3 is 29.1 Å². The van der Waals surface area contributed by atoms with Crippen LogP contribution in [0.4, 0.5) is 10.1 Å². The Hall–Kier alpha value is -5.19. The molecule has 0 unspecified atom stereocenters. The minimum atomic E-state index is -0.738. The first-order chi connectivity index (χ1) is 19.3. The van der Waals surface area contributed by atoms with Crippen molar-refractivity contribution in [1.82, 2.24) is 15.0 Å².